The van der Waals surface area contributed by atoms with Crippen molar-refractivity contribution in [1.82, 2.24) is 9.97 Å². The Morgan fingerprint density at radius 2 is 2.00 bits per heavy atom. The smallest absolute Gasteiger partial charge is 0.153 e. The Morgan fingerprint density at radius 3 is 2.84 bits per heavy atom. The molecule has 0 atom stereocenters. The summed E-state index contributed by atoms with van der Waals surface area (Å²) in [5, 5.41) is 1.19. The second kappa shape index (κ2) is 4.87. The zero-order chi connectivity index (χ0) is 13.4. The fraction of sp³-hybridized carbons (Fsp3) is 0.231. The van der Waals surface area contributed by atoms with Gasteiger partial charge in [-0.25, -0.2) is 9.97 Å². The predicted molar refractivity (Wildman–Crippen MR) is 77.7 cm³/mol. The molecule has 1 aliphatic rings. The zero-order valence-corrected chi connectivity index (χ0v) is 11.6. The molecule has 0 bridgehead atoms. The summed E-state index contributed by atoms with van der Waals surface area (Å²) in [5.41, 5.74) is 8.23. The Morgan fingerprint density at radius 1 is 1.16 bits per heavy atom. The van der Waals surface area contributed by atoms with Crippen LogP contribution in [-0.2, 0) is 13.0 Å². The number of aromatic nitrogens is 2. The van der Waals surface area contributed by atoms with Crippen LogP contribution in [0.15, 0.2) is 24.5 Å². The third-order valence-electron chi connectivity index (χ3n) is 3.28. The molecule has 0 saturated heterocycles. The average molecular weight is 295 g/mol. The minimum Gasteiger partial charge on any atom is -0.382 e. The number of nitrogens with zero attached hydrogens (tertiary/aromatic N) is 3. The Hall–Kier alpha value is -1.52. The van der Waals surface area contributed by atoms with E-state index in [1.54, 1.807) is 0 Å². The van der Waals surface area contributed by atoms with Crippen LogP contribution in [0.3, 0.4) is 0 Å². The Kier molecular flexibility index (Phi) is 3.21. The van der Waals surface area contributed by atoms with E-state index in [2.05, 4.69) is 14.9 Å². The lowest BCUT2D eigenvalue weighted by Crippen LogP contribution is -2.31. The van der Waals surface area contributed by atoms with Crippen molar-refractivity contribution in [3.8, 4) is 0 Å². The van der Waals surface area contributed by atoms with Crippen LogP contribution >= 0.6 is 23.2 Å². The number of halogens is 2. The van der Waals surface area contributed by atoms with Gasteiger partial charge >= 0.3 is 0 Å². The van der Waals surface area contributed by atoms with Crippen molar-refractivity contribution in [2.24, 2.45) is 0 Å². The summed E-state index contributed by atoms with van der Waals surface area (Å²) in [6.07, 6.45) is 2.35. The van der Waals surface area contributed by atoms with Gasteiger partial charge in [0.25, 0.3) is 0 Å². The molecule has 1 aliphatic heterocycles. The highest BCUT2D eigenvalue weighted by atomic mass is 35.5. The highest BCUT2D eigenvalue weighted by molar-refractivity contribution is 6.35. The number of nitrogen functional groups attached to an aromatic ring is 1. The Balaban J connectivity index is 1.93. The maximum absolute atomic E-state index is 6.17. The topological polar surface area (TPSA) is 55.0 Å². The molecule has 19 heavy (non-hydrogen) atoms. The lowest BCUT2D eigenvalue weighted by molar-refractivity contribution is 0.720. The van der Waals surface area contributed by atoms with Gasteiger partial charge in [-0.15, -0.1) is 0 Å². The molecule has 0 saturated carbocycles. The van der Waals surface area contributed by atoms with Gasteiger partial charge in [-0.2, -0.15) is 0 Å². The number of rotatable bonds is 1. The van der Waals surface area contributed by atoms with Gasteiger partial charge in [0.2, 0.25) is 0 Å². The van der Waals surface area contributed by atoms with Gasteiger partial charge in [0, 0.05) is 18.1 Å². The summed E-state index contributed by atoms with van der Waals surface area (Å²) in [7, 11) is 0. The quantitative estimate of drug-likeness (QED) is 0.879. The van der Waals surface area contributed by atoms with E-state index in [1.807, 2.05) is 18.2 Å². The highest BCUT2D eigenvalue weighted by Crippen LogP contribution is 2.31. The fourth-order valence-electron chi connectivity index (χ4n) is 2.30. The van der Waals surface area contributed by atoms with Crippen LogP contribution < -0.4 is 10.6 Å². The monoisotopic (exact) mass is 294 g/mol. The van der Waals surface area contributed by atoms with Gasteiger partial charge in [-0.3, -0.25) is 0 Å². The number of nitrogens with two attached hydrogens (primary N) is 1. The maximum Gasteiger partial charge on any atom is 0.153 e. The molecule has 98 valence electrons. The summed E-state index contributed by atoms with van der Waals surface area (Å²) in [4.78, 5) is 10.2. The summed E-state index contributed by atoms with van der Waals surface area (Å²) in [6, 6.07) is 5.96. The summed E-state index contributed by atoms with van der Waals surface area (Å²) >= 11 is 12.2. The van der Waals surface area contributed by atoms with Crippen LogP contribution in [0.4, 0.5) is 11.6 Å². The molecule has 0 radical (unpaired) electrons. The summed E-state index contributed by atoms with van der Waals surface area (Å²) in [6.45, 7) is 1.59. The zero-order valence-electron chi connectivity index (χ0n) is 10.1. The van der Waals surface area contributed by atoms with E-state index < -0.39 is 0 Å². The van der Waals surface area contributed by atoms with Crippen LogP contribution in [0.25, 0.3) is 0 Å². The number of hydrogen-bond acceptors (Lipinski definition) is 4. The van der Waals surface area contributed by atoms with Gasteiger partial charge in [0.05, 0.1) is 0 Å². The van der Waals surface area contributed by atoms with Crippen molar-refractivity contribution >= 4 is 34.8 Å². The Labute approximate surface area is 121 Å². The van der Waals surface area contributed by atoms with Gasteiger partial charge in [-0.05, 0) is 29.7 Å². The maximum atomic E-state index is 6.17. The third-order valence-corrected chi connectivity index (χ3v) is 3.88. The molecule has 0 unspecified atom stereocenters. The normalized spacial score (nSPS) is 14.3. The minimum atomic E-state index is 0.313. The summed E-state index contributed by atoms with van der Waals surface area (Å²) in [5.74, 6) is 1.00. The number of anilines is 2. The summed E-state index contributed by atoms with van der Waals surface area (Å²) < 4.78 is 0. The SMILES string of the molecule is Nc1ncnc(N2CCc3cc(Cl)ccc3C2)c1Cl. The molecule has 0 aliphatic carbocycles. The van der Waals surface area contributed by atoms with Crippen molar-refractivity contribution in [2.75, 3.05) is 17.2 Å². The van der Waals surface area contributed by atoms with E-state index in [0.29, 0.717) is 16.7 Å². The molecule has 2 N–H and O–H groups in total. The van der Waals surface area contributed by atoms with Crippen molar-refractivity contribution in [3.63, 3.8) is 0 Å². The first-order valence-electron chi connectivity index (χ1n) is 5.93. The average Bonchev–Trinajstić information content (AvgIpc) is 2.41. The Bertz CT molecular complexity index is 630. The van der Waals surface area contributed by atoms with Gasteiger partial charge in [-0.1, -0.05) is 29.3 Å². The van der Waals surface area contributed by atoms with Crippen LogP contribution in [0.1, 0.15) is 11.1 Å². The molecule has 2 aromatic rings. The first-order chi connectivity index (χ1) is 9.15. The van der Waals surface area contributed by atoms with E-state index in [9.17, 15) is 0 Å². The van der Waals surface area contributed by atoms with Gasteiger partial charge < -0.3 is 10.6 Å². The standard InChI is InChI=1S/C13H12Cl2N4/c14-10-2-1-9-6-19(4-3-8(9)5-10)13-11(15)12(16)17-7-18-13/h1-2,5,7H,3-4,6H2,(H2,16,17,18). The number of fused-ring (bicyclic) bond motifs is 1. The van der Waals surface area contributed by atoms with E-state index in [4.69, 9.17) is 28.9 Å². The molecule has 1 aromatic heterocycles. The van der Waals surface area contributed by atoms with Crippen LogP contribution in [0.2, 0.25) is 10.0 Å². The van der Waals surface area contributed by atoms with Crippen LogP contribution in [0, 0.1) is 0 Å². The van der Waals surface area contributed by atoms with Crippen LogP contribution in [-0.4, -0.2) is 16.5 Å². The van der Waals surface area contributed by atoms with E-state index in [-0.39, 0.29) is 0 Å². The number of benzene rings is 1. The number of hydrogen-bond donors (Lipinski definition) is 1. The van der Waals surface area contributed by atoms with Crippen molar-refractivity contribution in [2.45, 2.75) is 13.0 Å². The van der Waals surface area contributed by atoms with E-state index in [1.165, 1.54) is 17.5 Å². The van der Waals surface area contributed by atoms with Crippen molar-refractivity contribution in [1.29, 1.82) is 0 Å². The molecule has 1 aromatic carbocycles. The molecule has 0 amide bonds. The van der Waals surface area contributed by atoms with E-state index in [0.717, 1.165) is 24.5 Å². The van der Waals surface area contributed by atoms with Crippen molar-refractivity contribution < 1.29 is 0 Å². The molecule has 6 heteroatoms. The first kappa shape index (κ1) is 12.5. The highest BCUT2D eigenvalue weighted by Gasteiger charge is 2.20. The molecular weight excluding hydrogens is 283 g/mol. The third kappa shape index (κ3) is 2.33. The lowest BCUT2D eigenvalue weighted by atomic mass is 10.00. The largest absolute Gasteiger partial charge is 0.382 e. The fourth-order valence-corrected chi connectivity index (χ4v) is 2.71. The second-order valence-corrected chi connectivity index (χ2v) is 5.30. The van der Waals surface area contributed by atoms with Gasteiger partial charge in [0.15, 0.2) is 5.82 Å². The predicted octanol–water partition coefficient (Wildman–Crippen LogP) is 2.93. The molecule has 4 nitrogen and oxygen atoms in total. The van der Waals surface area contributed by atoms with Crippen molar-refractivity contribution in [3.05, 3.63) is 45.7 Å². The molecule has 2 heterocycles. The lowest BCUT2D eigenvalue weighted by Gasteiger charge is -2.30. The molecular formula is C13H12Cl2N4. The van der Waals surface area contributed by atoms with E-state index >= 15 is 0 Å². The molecule has 3 rings (SSSR count). The minimum absolute atomic E-state index is 0.313. The first-order valence-corrected chi connectivity index (χ1v) is 6.69. The molecule has 0 fully saturated rings. The molecule has 0 spiro atoms. The second-order valence-electron chi connectivity index (χ2n) is 4.48. The van der Waals surface area contributed by atoms with Gasteiger partial charge in [0.1, 0.15) is 17.2 Å². The van der Waals surface area contributed by atoms with Crippen LogP contribution in [0.5, 0.6) is 0 Å².